The van der Waals surface area contributed by atoms with Crippen molar-refractivity contribution in [2.75, 3.05) is 12.3 Å². The minimum atomic E-state index is 0.379. The van der Waals surface area contributed by atoms with E-state index in [1.54, 1.807) is 12.1 Å². The summed E-state index contributed by atoms with van der Waals surface area (Å²) >= 11 is 0. The molecule has 1 heterocycles. The maximum Gasteiger partial charge on any atom is 0.120 e. The number of nitrogens with zero attached hydrogens (tertiary/aromatic N) is 1. The van der Waals surface area contributed by atoms with Crippen molar-refractivity contribution in [1.29, 1.82) is 0 Å². The van der Waals surface area contributed by atoms with Gasteiger partial charge in [0, 0.05) is 23.8 Å². The molecule has 98 valence electrons. The summed E-state index contributed by atoms with van der Waals surface area (Å²) in [6.07, 6.45) is 6.78. The summed E-state index contributed by atoms with van der Waals surface area (Å²) in [6, 6.07) is 6.11. The van der Waals surface area contributed by atoms with E-state index in [1.807, 2.05) is 6.07 Å². The number of benzene rings is 1. The molecule has 1 saturated heterocycles. The highest BCUT2D eigenvalue weighted by molar-refractivity contribution is 5.47. The monoisotopic (exact) mass is 246 g/mol. The largest absolute Gasteiger partial charge is 0.508 e. The third-order valence-electron chi connectivity index (χ3n) is 4.59. The number of fused-ring (bicyclic) bond motifs is 1. The van der Waals surface area contributed by atoms with Gasteiger partial charge in [0.2, 0.25) is 0 Å². The van der Waals surface area contributed by atoms with Crippen LogP contribution in [0.5, 0.6) is 5.75 Å². The highest BCUT2D eigenvalue weighted by atomic mass is 16.3. The quantitative estimate of drug-likeness (QED) is 0.623. The van der Waals surface area contributed by atoms with Gasteiger partial charge < -0.3 is 10.8 Å². The van der Waals surface area contributed by atoms with E-state index in [-0.39, 0.29) is 0 Å². The van der Waals surface area contributed by atoms with Crippen LogP contribution in [0, 0.1) is 5.92 Å². The SMILES string of the molecule is Nc1ccc(O)c(CN2CCCC3CCCC32)c1. The van der Waals surface area contributed by atoms with Crippen LogP contribution in [0.4, 0.5) is 5.69 Å². The van der Waals surface area contributed by atoms with Crippen LogP contribution in [0.3, 0.4) is 0 Å². The van der Waals surface area contributed by atoms with Gasteiger partial charge in [-0.25, -0.2) is 0 Å². The van der Waals surface area contributed by atoms with Gasteiger partial charge in [-0.05, 0) is 56.3 Å². The van der Waals surface area contributed by atoms with Gasteiger partial charge >= 0.3 is 0 Å². The molecular formula is C15H22N2O. The third-order valence-corrected chi connectivity index (χ3v) is 4.59. The fraction of sp³-hybridized carbons (Fsp3) is 0.600. The maximum absolute atomic E-state index is 9.92. The van der Waals surface area contributed by atoms with E-state index < -0.39 is 0 Å². The Morgan fingerprint density at radius 2 is 2.06 bits per heavy atom. The zero-order chi connectivity index (χ0) is 12.5. The molecule has 3 rings (SSSR count). The molecule has 0 amide bonds. The first kappa shape index (κ1) is 11.8. The Balaban J connectivity index is 1.77. The van der Waals surface area contributed by atoms with Gasteiger partial charge in [0.15, 0.2) is 0 Å². The number of anilines is 1. The van der Waals surface area contributed by atoms with Crippen LogP contribution in [-0.2, 0) is 6.54 Å². The number of nitrogen functional groups attached to an aromatic ring is 1. The number of phenols is 1. The van der Waals surface area contributed by atoms with E-state index in [9.17, 15) is 5.11 Å². The Kier molecular flexibility index (Phi) is 3.16. The summed E-state index contributed by atoms with van der Waals surface area (Å²) < 4.78 is 0. The molecule has 2 atom stereocenters. The maximum atomic E-state index is 9.92. The van der Waals surface area contributed by atoms with Crippen LogP contribution in [0.15, 0.2) is 18.2 Å². The lowest BCUT2D eigenvalue weighted by Gasteiger charge is -2.37. The number of hydrogen-bond acceptors (Lipinski definition) is 3. The molecule has 1 aliphatic heterocycles. The van der Waals surface area contributed by atoms with Crippen LogP contribution < -0.4 is 5.73 Å². The molecule has 1 aliphatic carbocycles. The van der Waals surface area contributed by atoms with Crippen LogP contribution in [0.25, 0.3) is 0 Å². The first-order valence-electron chi connectivity index (χ1n) is 7.05. The Hall–Kier alpha value is -1.22. The van der Waals surface area contributed by atoms with E-state index in [2.05, 4.69) is 4.90 Å². The molecular weight excluding hydrogens is 224 g/mol. The van der Waals surface area contributed by atoms with Crippen LogP contribution in [0.1, 0.15) is 37.7 Å². The fourth-order valence-corrected chi connectivity index (χ4v) is 3.70. The minimum Gasteiger partial charge on any atom is -0.508 e. The first-order chi connectivity index (χ1) is 8.74. The fourth-order valence-electron chi connectivity index (χ4n) is 3.70. The summed E-state index contributed by atoms with van der Waals surface area (Å²) in [6.45, 7) is 2.01. The molecule has 0 aromatic heterocycles. The van der Waals surface area contributed by atoms with Crippen molar-refractivity contribution >= 4 is 5.69 Å². The Bertz CT molecular complexity index is 433. The number of phenolic OH excluding ortho intramolecular Hbond substituents is 1. The number of likely N-dealkylation sites (tertiary alicyclic amines) is 1. The van der Waals surface area contributed by atoms with E-state index in [0.717, 1.165) is 36.3 Å². The van der Waals surface area contributed by atoms with E-state index >= 15 is 0 Å². The van der Waals surface area contributed by atoms with Crippen molar-refractivity contribution in [3.05, 3.63) is 23.8 Å². The second-order valence-electron chi connectivity index (χ2n) is 5.76. The predicted octanol–water partition coefficient (Wildman–Crippen LogP) is 2.74. The molecule has 0 spiro atoms. The van der Waals surface area contributed by atoms with E-state index in [0.29, 0.717) is 5.75 Å². The van der Waals surface area contributed by atoms with Crippen molar-refractivity contribution in [2.24, 2.45) is 5.92 Å². The van der Waals surface area contributed by atoms with E-state index in [1.165, 1.54) is 32.1 Å². The van der Waals surface area contributed by atoms with Gasteiger partial charge in [0.25, 0.3) is 0 Å². The van der Waals surface area contributed by atoms with Crippen molar-refractivity contribution in [3.8, 4) is 5.75 Å². The molecule has 3 nitrogen and oxygen atoms in total. The van der Waals surface area contributed by atoms with Crippen molar-refractivity contribution in [3.63, 3.8) is 0 Å². The van der Waals surface area contributed by atoms with Crippen LogP contribution in [-0.4, -0.2) is 22.6 Å². The molecule has 1 saturated carbocycles. The van der Waals surface area contributed by atoms with Gasteiger partial charge in [0.05, 0.1) is 0 Å². The Morgan fingerprint density at radius 1 is 1.22 bits per heavy atom. The summed E-state index contributed by atoms with van der Waals surface area (Å²) in [5, 5.41) is 9.92. The lowest BCUT2D eigenvalue weighted by molar-refractivity contribution is 0.105. The smallest absolute Gasteiger partial charge is 0.120 e. The Morgan fingerprint density at radius 3 is 2.94 bits per heavy atom. The highest BCUT2D eigenvalue weighted by Gasteiger charge is 2.34. The number of piperidine rings is 1. The second-order valence-corrected chi connectivity index (χ2v) is 5.76. The van der Waals surface area contributed by atoms with Gasteiger partial charge in [-0.15, -0.1) is 0 Å². The van der Waals surface area contributed by atoms with Crippen molar-refractivity contribution in [1.82, 2.24) is 4.90 Å². The zero-order valence-electron chi connectivity index (χ0n) is 10.8. The molecule has 18 heavy (non-hydrogen) atoms. The Labute approximate surface area is 109 Å². The number of aromatic hydroxyl groups is 1. The van der Waals surface area contributed by atoms with Crippen molar-refractivity contribution in [2.45, 2.75) is 44.7 Å². The van der Waals surface area contributed by atoms with Crippen LogP contribution in [0.2, 0.25) is 0 Å². The summed E-state index contributed by atoms with van der Waals surface area (Å²) in [5.74, 6) is 1.27. The summed E-state index contributed by atoms with van der Waals surface area (Å²) in [5.41, 5.74) is 7.52. The normalized spacial score (nSPS) is 28.2. The van der Waals surface area contributed by atoms with Crippen LogP contribution >= 0.6 is 0 Å². The first-order valence-corrected chi connectivity index (χ1v) is 7.05. The molecule has 1 aromatic carbocycles. The molecule has 1 aromatic rings. The van der Waals surface area contributed by atoms with Crippen molar-refractivity contribution < 1.29 is 5.11 Å². The van der Waals surface area contributed by atoms with Gasteiger partial charge in [-0.1, -0.05) is 6.42 Å². The number of hydrogen-bond donors (Lipinski definition) is 2. The van der Waals surface area contributed by atoms with Gasteiger partial charge in [0.1, 0.15) is 5.75 Å². The molecule has 0 bridgehead atoms. The lowest BCUT2D eigenvalue weighted by atomic mass is 9.91. The average Bonchev–Trinajstić information content (AvgIpc) is 2.83. The second kappa shape index (κ2) is 4.81. The molecule has 2 fully saturated rings. The van der Waals surface area contributed by atoms with E-state index in [4.69, 9.17) is 5.73 Å². The molecule has 3 heteroatoms. The minimum absolute atomic E-state index is 0.379. The number of nitrogens with two attached hydrogens (primary N) is 1. The zero-order valence-corrected chi connectivity index (χ0v) is 10.8. The summed E-state index contributed by atoms with van der Waals surface area (Å²) in [4.78, 5) is 2.55. The molecule has 3 N–H and O–H groups in total. The molecule has 2 unspecified atom stereocenters. The molecule has 0 radical (unpaired) electrons. The van der Waals surface area contributed by atoms with Gasteiger partial charge in [-0.2, -0.15) is 0 Å². The topological polar surface area (TPSA) is 49.5 Å². The third kappa shape index (κ3) is 2.19. The summed E-state index contributed by atoms with van der Waals surface area (Å²) in [7, 11) is 0. The lowest BCUT2D eigenvalue weighted by Crippen LogP contribution is -2.41. The number of rotatable bonds is 2. The van der Waals surface area contributed by atoms with Gasteiger partial charge in [-0.3, -0.25) is 4.90 Å². The molecule has 2 aliphatic rings. The average molecular weight is 246 g/mol. The standard InChI is InChI=1S/C15H22N2O/c16-13-6-7-15(18)12(9-13)10-17-8-2-4-11-3-1-5-14(11)17/h6-7,9,11,14,18H,1-5,8,10,16H2. The highest BCUT2D eigenvalue weighted by Crippen LogP contribution is 2.38. The predicted molar refractivity (Wildman–Crippen MR) is 73.3 cm³/mol.